The van der Waals surface area contributed by atoms with Crippen LogP contribution in [0.15, 0.2) is 0 Å². The van der Waals surface area contributed by atoms with Crippen LogP contribution in [0.3, 0.4) is 0 Å². The summed E-state index contributed by atoms with van der Waals surface area (Å²) in [5.74, 6) is 0.133. The van der Waals surface area contributed by atoms with Crippen LogP contribution in [0.4, 0.5) is 0 Å². The maximum atomic E-state index is 10.9. The third-order valence-corrected chi connectivity index (χ3v) is 2.29. The van der Waals surface area contributed by atoms with Crippen LogP contribution in [-0.4, -0.2) is 52.0 Å². The lowest BCUT2D eigenvalue weighted by Gasteiger charge is -2.10. The molecule has 0 aliphatic carbocycles. The van der Waals surface area contributed by atoms with Crippen molar-refractivity contribution in [3.63, 3.8) is 0 Å². The van der Waals surface area contributed by atoms with E-state index >= 15 is 0 Å². The van der Waals surface area contributed by atoms with Crippen molar-refractivity contribution in [1.29, 1.82) is 0 Å². The number of nitrogens with one attached hydrogen (secondary N) is 2. The highest BCUT2D eigenvalue weighted by atomic mass is 16.5. The van der Waals surface area contributed by atoms with Crippen LogP contribution < -0.4 is 10.6 Å². The zero-order chi connectivity index (χ0) is 10.9. The molecule has 2 N–H and O–H groups in total. The summed E-state index contributed by atoms with van der Waals surface area (Å²) in [6.07, 6.45) is 1.52. The molecule has 0 spiro atoms. The highest BCUT2D eigenvalue weighted by Gasteiger charge is 2.19. The van der Waals surface area contributed by atoms with Gasteiger partial charge in [0, 0.05) is 45.9 Å². The van der Waals surface area contributed by atoms with Crippen LogP contribution >= 0.6 is 0 Å². The van der Waals surface area contributed by atoms with Gasteiger partial charge in [0.15, 0.2) is 0 Å². The van der Waals surface area contributed by atoms with Crippen LogP contribution in [0, 0.1) is 0 Å². The van der Waals surface area contributed by atoms with Crippen molar-refractivity contribution in [1.82, 2.24) is 10.6 Å². The molecule has 1 aliphatic heterocycles. The van der Waals surface area contributed by atoms with E-state index in [1.54, 1.807) is 7.11 Å². The lowest BCUT2D eigenvalue weighted by molar-refractivity contribution is -0.119. The molecular weight excluding hydrogens is 196 g/mol. The van der Waals surface area contributed by atoms with Crippen molar-refractivity contribution < 1.29 is 14.3 Å². The van der Waals surface area contributed by atoms with Gasteiger partial charge in [0.05, 0.1) is 6.61 Å². The summed E-state index contributed by atoms with van der Waals surface area (Å²) in [6.45, 7) is 3.70. The van der Waals surface area contributed by atoms with E-state index in [4.69, 9.17) is 9.47 Å². The second-order valence-electron chi connectivity index (χ2n) is 3.62. The van der Waals surface area contributed by atoms with Gasteiger partial charge in [-0.3, -0.25) is 4.79 Å². The topological polar surface area (TPSA) is 59.6 Å². The van der Waals surface area contributed by atoms with Gasteiger partial charge in [-0.05, 0) is 6.42 Å². The monoisotopic (exact) mass is 216 g/mol. The first-order chi connectivity index (χ1) is 7.33. The first-order valence-electron chi connectivity index (χ1n) is 5.39. The van der Waals surface area contributed by atoms with Gasteiger partial charge in [-0.15, -0.1) is 0 Å². The summed E-state index contributed by atoms with van der Waals surface area (Å²) in [5.41, 5.74) is 0. The van der Waals surface area contributed by atoms with Gasteiger partial charge in [0.1, 0.15) is 0 Å². The Hall–Kier alpha value is -0.650. The summed E-state index contributed by atoms with van der Waals surface area (Å²) in [7, 11) is 1.69. The van der Waals surface area contributed by atoms with E-state index in [1.165, 1.54) is 0 Å². The number of methoxy groups -OCH3 is 1. The van der Waals surface area contributed by atoms with E-state index in [2.05, 4.69) is 10.6 Å². The Bertz CT molecular complexity index is 188. The second kappa shape index (κ2) is 7.62. The van der Waals surface area contributed by atoms with Crippen LogP contribution in [-0.2, 0) is 14.3 Å². The standard InChI is InChI=1S/C10H20N2O3/c1-14-4-2-5-15-6-3-11-9-7-10(13)12-8-9/h9,11H,2-8H2,1H3,(H,12,13). The minimum atomic E-state index is 0.133. The van der Waals surface area contributed by atoms with Gasteiger partial charge >= 0.3 is 0 Å². The molecule has 88 valence electrons. The highest BCUT2D eigenvalue weighted by Crippen LogP contribution is 1.97. The molecule has 1 heterocycles. The van der Waals surface area contributed by atoms with Gasteiger partial charge in [0.25, 0.3) is 0 Å². The minimum absolute atomic E-state index is 0.133. The van der Waals surface area contributed by atoms with Gasteiger partial charge in [-0.1, -0.05) is 0 Å². The fourth-order valence-corrected chi connectivity index (χ4v) is 1.49. The number of amides is 1. The summed E-state index contributed by atoms with van der Waals surface area (Å²) in [4.78, 5) is 10.9. The molecule has 0 aromatic heterocycles. The van der Waals surface area contributed by atoms with Crippen LogP contribution in [0.5, 0.6) is 0 Å². The van der Waals surface area contributed by atoms with Crippen molar-refractivity contribution in [3.05, 3.63) is 0 Å². The fraction of sp³-hybridized carbons (Fsp3) is 0.900. The number of ether oxygens (including phenoxy) is 2. The molecule has 5 nitrogen and oxygen atoms in total. The van der Waals surface area contributed by atoms with Crippen LogP contribution in [0.25, 0.3) is 0 Å². The quantitative estimate of drug-likeness (QED) is 0.538. The molecule has 0 saturated carbocycles. The minimum Gasteiger partial charge on any atom is -0.385 e. The molecule has 1 fully saturated rings. The zero-order valence-electron chi connectivity index (χ0n) is 9.25. The first-order valence-corrected chi connectivity index (χ1v) is 5.39. The van der Waals surface area contributed by atoms with Crippen LogP contribution in [0.2, 0.25) is 0 Å². The predicted octanol–water partition coefficient (Wildman–Crippen LogP) is -0.482. The van der Waals surface area contributed by atoms with Crippen molar-refractivity contribution in [2.24, 2.45) is 0 Å². The second-order valence-corrected chi connectivity index (χ2v) is 3.62. The molecule has 1 aliphatic rings. The smallest absolute Gasteiger partial charge is 0.221 e. The predicted molar refractivity (Wildman–Crippen MR) is 56.7 cm³/mol. The molecule has 0 radical (unpaired) electrons. The number of hydrogen-bond donors (Lipinski definition) is 2. The van der Waals surface area contributed by atoms with E-state index in [1.807, 2.05) is 0 Å². The van der Waals surface area contributed by atoms with Gasteiger partial charge in [0.2, 0.25) is 5.91 Å². The summed E-state index contributed by atoms with van der Waals surface area (Å²) in [5, 5.41) is 6.04. The Morgan fingerprint density at radius 2 is 2.33 bits per heavy atom. The van der Waals surface area contributed by atoms with Crippen molar-refractivity contribution in [2.45, 2.75) is 18.9 Å². The average molecular weight is 216 g/mol. The first kappa shape index (κ1) is 12.4. The summed E-state index contributed by atoms with van der Waals surface area (Å²) < 4.78 is 10.3. The Labute approximate surface area is 90.5 Å². The largest absolute Gasteiger partial charge is 0.385 e. The Kier molecular flexibility index (Phi) is 6.31. The maximum Gasteiger partial charge on any atom is 0.221 e. The molecule has 0 aromatic rings. The lowest BCUT2D eigenvalue weighted by atomic mass is 10.2. The molecule has 1 rings (SSSR count). The van der Waals surface area contributed by atoms with E-state index in [0.29, 0.717) is 13.0 Å². The summed E-state index contributed by atoms with van der Waals surface area (Å²) >= 11 is 0. The van der Waals surface area contributed by atoms with Crippen molar-refractivity contribution >= 4 is 5.91 Å². The lowest BCUT2D eigenvalue weighted by Crippen LogP contribution is -2.33. The summed E-state index contributed by atoms with van der Waals surface area (Å²) in [6, 6.07) is 0.278. The number of carbonyl (C=O) groups is 1. The molecule has 1 amide bonds. The maximum absolute atomic E-state index is 10.9. The van der Waals surface area contributed by atoms with Crippen molar-refractivity contribution in [2.75, 3.05) is 40.0 Å². The number of hydrogen-bond acceptors (Lipinski definition) is 4. The average Bonchev–Trinajstić information content (AvgIpc) is 2.63. The normalized spacial score (nSPS) is 20.6. The van der Waals surface area contributed by atoms with Gasteiger partial charge in [-0.2, -0.15) is 0 Å². The zero-order valence-corrected chi connectivity index (χ0v) is 9.25. The third-order valence-electron chi connectivity index (χ3n) is 2.29. The van der Waals surface area contributed by atoms with E-state index in [-0.39, 0.29) is 11.9 Å². The molecular formula is C10H20N2O3. The van der Waals surface area contributed by atoms with Crippen molar-refractivity contribution in [3.8, 4) is 0 Å². The molecule has 1 unspecified atom stereocenters. The van der Waals surface area contributed by atoms with Gasteiger partial charge in [-0.25, -0.2) is 0 Å². The van der Waals surface area contributed by atoms with E-state index in [0.717, 1.165) is 32.7 Å². The van der Waals surface area contributed by atoms with Gasteiger partial charge < -0.3 is 20.1 Å². The SMILES string of the molecule is COCCCOCCNC1CNC(=O)C1. The fourth-order valence-electron chi connectivity index (χ4n) is 1.49. The molecule has 1 atom stereocenters. The third kappa shape index (κ3) is 5.71. The molecule has 5 heteroatoms. The number of rotatable bonds is 8. The Morgan fingerprint density at radius 1 is 1.47 bits per heavy atom. The molecule has 1 saturated heterocycles. The highest BCUT2D eigenvalue weighted by molar-refractivity contribution is 5.78. The Morgan fingerprint density at radius 3 is 3.00 bits per heavy atom. The molecule has 0 bridgehead atoms. The van der Waals surface area contributed by atoms with Crippen LogP contribution in [0.1, 0.15) is 12.8 Å². The molecule has 15 heavy (non-hydrogen) atoms. The Balaban J connectivity index is 1.83. The van der Waals surface area contributed by atoms with E-state index < -0.39 is 0 Å². The molecule has 0 aromatic carbocycles. The number of carbonyl (C=O) groups excluding carboxylic acids is 1. The van der Waals surface area contributed by atoms with E-state index in [9.17, 15) is 4.79 Å².